The average molecular weight is 315 g/mol. The molecule has 0 heterocycles. The van der Waals surface area contributed by atoms with Crippen LogP contribution in [0.1, 0.15) is 23.7 Å². The molecule has 0 saturated carbocycles. The first-order valence-corrected chi connectivity index (χ1v) is 8.08. The van der Waals surface area contributed by atoms with Gasteiger partial charge in [-0.15, -0.1) is 0 Å². The first-order chi connectivity index (χ1) is 9.70. The second-order valence-corrected chi connectivity index (χ2v) is 6.33. The van der Waals surface area contributed by atoms with Crippen LogP contribution in [-0.2, 0) is 10.0 Å². The zero-order chi connectivity index (χ0) is 16.0. The minimum absolute atomic E-state index is 0.182. The van der Waals surface area contributed by atoms with Crippen LogP contribution in [-0.4, -0.2) is 38.5 Å². The highest BCUT2D eigenvalue weighted by atomic mass is 32.2. The van der Waals surface area contributed by atoms with Crippen molar-refractivity contribution in [2.45, 2.75) is 13.3 Å². The third-order valence-electron chi connectivity index (χ3n) is 2.63. The van der Waals surface area contributed by atoms with Gasteiger partial charge in [0, 0.05) is 24.7 Å². The molecule has 0 aromatic heterocycles. The van der Waals surface area contributed by atoms with E-state index in [2.05, 4.69) is 10.0 Å². The van der Waals surface area contributed by atoms with Crippen LogP contribution in [0.4, 0.5) is 11.4 Å². The van der Waals surface area contributed by atoms with Crippen molar-refractivity contribution in [2.24, 2.45) is 0 Å². The summed E-state index contributed by atoms with van der Waals surface area (Å²) in [7, 11) is -3.23. The van der Waals surface area contributed by atoms with Gasteiger partial charge in [-0.05, 0) is 25.5 Å². The van der Waals surface area contributed by atoms with E-state index in [1.54, 1.807) is 0 Å². The Morgan fingerprint density at radius 3 is 2.52 bits per heavy atom. The molecule has 0 aliphatic rings. The number of nitrogens with zero attached hydrogens (tertiary/aromatic N) is 1. The van der Waals surface area contributed by atoms with Gasteiger partial charge in [0.15, 0.2) is 5.78 Å². The van der Waals surface area contributed by atoms with Crippen LogP contribution in [0.5, 0.6) is 0 Å². The molecular weight excluding hydrogens is 298 g/mol. The lowest BCUT2D eigenvalue weighted by molar-refractivity contribution is -0.384. The number of ketones is 1. The molecule has 0 bridgehead atoms. The van der Waals surface area contributed by atoms with Gasteiger partial charge in [-0.1, -0.05) is 0 Å². The Kier molecular flexibility index (Phi) is 5.79. The molecule has 8 nitrogen and oxygen atoms in total. The molecule has 0 saturated heterocycles. The normalized spacial score (nSPS) is 11.1. The maximum atomic E-state index is 11.2. The van der Waals surface area contributed by atoms with E-state index in [0.717, 1.165) is 6.26 Å². The lowest BCUT2D eigenvalue weighted by Gasteiger charge is -2.08. The molecular formula is C12H17N3O5S. The van der Waals surface area contributed by atoms with E-state index < -0.39 is 14.9 Å². The molecule has 0 unspecified atom stereocenters. The fourth-order valence-corrected chi connectivity index (χ4v) is 2.14. The molecule has 0 spiro atoms. The van der Waals surface area contributed by atoms with Crippen molar-refractivity contribution in [3.63, 3.8) is 0 Å². The smallest absolute Gasteiger partial charge is 0.293 e. The lowest BCUT2D eigenvalue weighted by Crippen LogP contribution is -2.24. The Hall–Kier alpha value is -2.00. The second-order valence-electron chi connectivity index (χ2n) is 4.49. The molecule has 0 radical (unpaired) electrons. The number of nitro groups is 1. The number of benzene rings is 1. The van der Waals surface area contributed by atoms with Gasteiger partial charge in [0.1, 0.15) is 5.69 Å². The van der Waals surface area contributed by atoms with Gasteiger partial charge in [-0.25, -0.2) is 13.1 Å². The van der Waals surface area contributed by atoms with Crippen LogP contribution < -0.4 is 10.0 Å². The van der Waals surface area contributed by atoms with Crippen molar-refractivity contribution in [3.8, 4) is 0 Å². The van der Waals surface area contributed by atoms with Crippen molar-refractivity contribution in [1.29, 1.82) is 0 Å². The van der Waals surface area contributed by atoms with Gasteiger partial charge >= 0.3 is 0 Å². The van der Waals surface area contributed by atoms with Gasteiger partial charge in [0.05, 0.1) is 11.2 Å². The monoisotopic (exact) mass is 315 g/mol. The summed E-state index contributed by atoms with van der Waals surface area (Å²) in [5.74, 6) is -0.248. The number of nitrogens with one attached hydrogen (secondary N) is 2. The molecule has 1 aromatic carbocycles. The van der Waals surface area contributed by atoms with E-state index in [0.29, 0.717) is 18.7 Å². The number of anilines is 1. The molecule has 116 valence electrons. The molecule has 21 heavy (non-hydrogen) atoms. The molecule has 9 heteroatoms. The van der Waals surface area contributed by atoms with Crippen LogP contribution >= 0.6 is 0 Å². The maximum absolute atomic E-state index is 11.2. The fraction of sp³-hybridized carbons (Fsp3) is 0.417. The number of hydrogen-bond acceptors (Lipinski definition) is 6. The van der Waals surface area contributed by atoms with Gasteiger partial charge in [-0.2, -0.15) is 0 Å². The standard InChI is InChI=1S/C12H17N3O5S/c1-9(16)10-4-5-11(12(8-10)15(17)18)13-6-3-7-14-21(2,19)20/h4-5,8,13-14H,3,6-7H2,1-2H3. The number of hydrogen-bond donors (Lipinski definition) is 2. The SMILES string of the molecule is CC(=O)c1ccc(NCCCNS(C)(=O)=O)c([N+](=O)[O-])c1. The summed E-state index contributed by atoms with van der Waals surface area (Å²) in [5, 5.41) is 13.8. The number of nitro benzene ring substituents is 1. The average Bonchev–Trinajstić information content (AvgIpc) is 2.36. The number of carbonyl (C=O) groups is 1. The Balaban J connectivity index is 2.66. The first kappa shape index (κ1) is 17.1. The summed E-state index contributed by atoms with van der Waals surface area (Å²) in [6, 6.07) is 4.20. The summed E-state index contributed by atoms with van der Waals surface area (Å²) in [4.78, 5) is 21.6. The summed E-state index contributed by atoms with van der Waals surface area (Å²) in [6.45, 7) is 1.94. The van der Waals surface area contributed by atoms with Crippen molar-refractivity contribution < 1.29 is 18.1 Å². The van der Waals surface area contributed by atoms with Gasteiger partial charge in [0.2, 0.25) is 10.0 Å². The summed E-state index contributed by atoms with van der Waals surface area (Å²) in [5.41, 5.74) is 0.383. The Bertz CT molecular complexity index is 642. The molecule has 1 aromatic rings. The van der Waals surface area contributed by atoms with E-state index in [-0.39, 0.29) is 23.6 Å². The highest BCUT2D eigenvalue weighted by molar-refractivity contribution is 7.88. The Labute approximate surface area is 122 Å². The molecule has 1 rings (SSSR count). The predicted molar refractivity (Wildman–Crippen MR) is 79.1 cm³/mol. The largest absolute Gasteiger partial charge is 0.379 e. The Morgan fingerprint density at radius 2 is 2.00 bits per heavy atom. The Morgan fingerprint density at radius 1 is 1.33 bits per heavy atom. The van der Waals surface area contributed by atoms with Crippen LogP contribution in [0.3, 0.4) is 0 Å². The van der Waals surface area contributed by atoms with Crippen molar-refractivity contribution in [2.75, 3.05) is 24.7 Å². The van der Waals surface area contributed by atoms with Crippen molar-refractivity contribution in [3.05, 3.63) is 33.9 Å². The number of sulfonamides is 1. The maximum Gasteiger partial charge on any atom is 0.293 e. The van der Waals surface area contributed by atoms with Crippen LogP contribution in [0.25, 0.3) is 0 Å². The van der Waals surface area contributed by atoms with Gasteiger partial charge in [0.25, 0.3) is 5.69 Å². The summed E-state index contributed by atoms with van der Waals surface area (Å²) in [6.07, 6.45) is 1.53. The van der Waals surface area contributed by atoms with E-state index in [4.69, 9.17) is 0 Å². The predicted octanol–water partition coefficient (Wildman–Crippen LogP) is 1.15. The number of rotatable bonds is 8. The van der Waals surface area contributed by atoms with E-state index in [9.17, 15) is 23.3 Å². The van der Waals surface area contributed by atoms with Crippen LogP contribution in [0, 0.1) is 10.1 Å². The second kappa shape index (κ2) is 7.14. The van der Waals surface area contributed by atoms with Crippen molar-refractivity contribution >= 4 is 27.2 Å². The van der Waals surface area contributed by atoms with Crippen LogP contribution in [0.2, 0.25) is 0 Å². The van der Waals surface area contributed by atoms with Crippen LogP contribution in [0.15, 0.2) is 18.2 Å². The fourth-order valence-electron chi connectivity index (χ4n) is 1.62. The zero-order valence-electron chi connectivity index (χ0n) is 11.8. The number of carbonyl (C=O) groups excluding carboxylic acids is 1. The third-order valence-corrected chi connectivity index (χ3v) is 3.36. The highest BCUT2D eigenvalue weighted by Crippen LogP contribution is 2.25. The summed E-state index contributed by atoms with van der Waals surface area (Å²) < 4.78 is 24.0. The topological polar surface area (TPSA) is 118 Å². The van der Waals surface area contributed by atoms with Crippen molar-refractivity contribution in [1.82, 2.24) is 4.72 Å². The third kappa shape index (κ3) is 5.88. The van der Waals surface area contributed by atoms with Gasteiger partial charge < -0.3 is 5.32 Å². The van der Waals surface area contributed by atoms with E-state index >= 15 is 0 Å². The first-order valence-electron chi connectivity index (χ1n) is 6.18. The molecule has 0 atom stereocenters. The van der Waals surface area contributed by atoms with E-state index in [1.165, 1.54) is 25.1 Å². The minimum Gasteiger partial charge on any atom is -0.379 e. The highest BCUT2D eigenvalue weighted by Gasteiger charge is 2.15. The molecule has 0 aliphatic carbocycles. The van der Waals surface area contributed by atoms with Gasteiger partial charge in [-0.3, -0.25) is 14.9 Å². The molecule has 0 amide bonds. The quantitative estimate of drug-likeness (QED) is 0.321. The lowest BCUT2D eigenvalue weighted by atomic mass is 10.1. The molecule has 2 N–H and O–H groups in total. The number of Topliss-reactive ketones (excluding diaryl/α,β-unsaturated/α-hetero) is 1. The molecule has 0 fully saturated rings. The molecule has 0 aliphatic heterocycles. The minimum atomic E-state index is -3.23. The zero-order valence-corrected chi connectivity index (χ0v) is 12.6. The summed E-state index contributed by atoms with van der Waals surface area (Å²) >= 11 is 0. The van der Waals surface area contributed by atoms with E-state index in [1.807, 2.05) is 0 Å².